The number of hydrogen-bond acceptors (Lipinski definition) is 7. The molecule has 0 amide bonds. The predicted molar refractivity (Wildman–Crippen MR) is 156 cm³/mol. The second-order valence-corrected chi connectivity index (χ2v) is 12.3. The number of piperidine rings is 1. The Morgan fingerprint density at radius 1 is 1.12 bits per heavy atom. The molecule has 0 radical (unpaired) electrons. The smallest absolute Gasteiger partial charge is 0.307 e. The molecule has 3 fully saturated rings. The number of nitrogens with zero attached hydrogens (tertiary/aromatic N) is 5. The normalized spacial score (nSPS) is 29.8. The summed E-state index contributed by atoms with van der Waals surface area (Å²) >= 11 is 6.43. The van der Waals surface area contributed by atoms with Crippen molar-refractivity contribution in [1.82, 2.24) is 40.4 Å². The first-order valence-electron chi connectivity index (χ1n) is 14.8. The summed E-state index contributed by atoms with van der Waals surface area (Å²) in [6, 6.07) is 4.81. The van der Waals surface area contributed by atoms with E-state index in [1.54, 1.807) is 23.2 Å². The van der Waals surface area contributed by atoms with Crippen LogP contribution in [0.2, 0.25) is 5.02 Å². The first kappa shape index (κ1) is 28.7. The van der Waals surface area contributed by atoms with Crippen molar-refractivity contribution in [3.05, 3.63) is 46.1 Å². The summed E-state index contributed by atoms with van der Waals surface area (Å²) in [5.41, 5.74) is 5.07. The number of alkyl halides is 2. The molecule has 0 aliphatic carbocycles. The van der Waals surface area contributed by atoms with E-state index in [9.17, 15) is 13.6 Å². The Balaban J connectivity index is 1.34. The molecule has 5 heterocycles. The van der Waals surface area contributed by atoms with Crippen molar-refractivity contribution in [3.8, 4) is 11.3 Å². The van der Waals surface area contributed by atoms with Crippen molar-refractivity contribution in [2.75, 3.05) is 19.6 Å². The average Bonchev–Trinajstić information content (AvgIpc) is 3.58. The fourth-order valence-electron chi connectivity index (χ4n) is 7.26. The van der Waals surface area contributed by atoms with Crippen LogP contribution < -0.4 is 21.6 Å². The van der Waals surface area contributed by atoms with Gasteiger partial charge in [0.2, 0.25) is 0 Å². The van der Waals surface area contributed by atoms with E-state index in [1.165, 1.54) is 0 Å². The van der Waals surface area contributed by atoms with Gasteiger partial charge in [0.25, 0.3) is 5.56 Å². The van der Waals surface area contributed by atoms with Gasteiger partial charge in [-0.3, -0.25) is 14.0 Å². The van der Waals surface area contributed by atoms with Crippen LogP contribution in [-0.4, -0.2) is 68.6 Å². The van der Waals surface area contributed by atoms with E-state index in [0.717, 1.165) is 60.2 Å². The van der Waals surface area contributed by atoms with Crippen LogP contribution >= 0.6 is 11.6 Å². The lowest BCUT2D eigenvalue weighted by molar-refractivity contribution is -0.0841. The maximum absolute atomic E-state index is 14.0. The van der Waals surface area contributed by atoms with Crippen LogP contribution in [0.15, 0.2) is 35.5 Å². The quantitative estimate of drug-likeness (QED) is 0.396. The number of rotatable bonds is 4. The lowest BCUT2D eigenvalue weighted by atomic mass is 9.79. The second-order valence-electron chi connectivity index (χ2n) is 11.9. The number of aromatic nitrogens is 4. The summed E-state index contributed by atoms with van der Waals surface area (Å²) in [4.78, 5) is 18.5. The minimum Gasteiger partial charge on any atom is -0.312 e. The molecule has 3 aliphatic rings. The highest BCUT2D eigenvalue weighted by Gasteiger charge is 2.45. The summed E-state index contributed by atoms with van der Waals surface area (Å²) in [6.45, 7) is 4.35. The van der Waals surface area contributed by atoms with Gasteiger partial charge < -0.3 is 10.6 Å². The first-order chi connectivity index (χ1) is 19.8. The Labute approximate surface area is 243 Å². The van der Waals surface area contributed by atoms with Crippen molar-refractivity contribution in [3.63, 3.8) is 0 Å². The second kappa shape index (κ2) is 12.0. The molecular weight excluding hydrogens is 550 g/mol. The molecule has 12 heteroatoms. The fraction of sp³-hybridized carbons (Fsp3) is 0.621. The molecule has 222 valence electrons. The molecule has 6 atom stereocenters. The van der Waals surface area contributed by atoms with Crippen LogP contribution in [0.5, 0.6) is 0 Å². The molecule has 2 bridgehead atoms. The Morgan fingerprint density at radius 3 is 2.76 bits per heavy atom. The van der Waals surface area contributed by atoms with Crippen LogP contribution in [0.3, 0.4) is 0 Å². The zero-order valence-corrected chi connectivity index (χ0v) is 24.3. The third-order valence-electron chi connectivity index (χ3n) is 9.26. The van der Waals surface area contributed by atoms with E-state index in [2.05, 4.69) is 28.1 Å². The maximum atomic E-state index is 14.0. The Morgan fingerprint density at radius 2 is 1.98 bits per heavy atom. The first-order valence-corrected chi connectivity index (χ1v) is 15.2. The van der Waals surface area contributed by atoms with Crippen molar-refractivity contribution in [2.24, 2.45) is 11.8 Å². The van der Waals surface area contributed by atoms with Crippen molar-refractivity contribution in [2.45, 2.75) is 83.2 Å². The maximum Gasteiger partial charge on any atom is 0.307 e. The van der Waals surface area contributed by atoms with Crippen molar-refractivity contribution in [1.29, 1.82) is 0 Å². The van der Waals surface area contributed by atoms with Crippen LogP contribution in [0.25, 0.3) is 22.2 Å². The minimum atomic E-state index is -2.57. The van der Waals surface area contributed by atoms with E-state index >= 15 is 0 Å². The predicted octanol–water partition coefficient (Wildman–Crippen LogP) is 4.03. The highest BCUT2D eigenvalue weighted by molar-refractivity contribution is 6.31. The third kappa shape index (κ3) is 5.67. The van der Waals surface area contributed by atoms with Crippen LogP contribution in [-0.2, 0) is 6.54 Å². The van der Waals surface area contributed by atoms with Gasteiger partial charge in [-0.25, -0.2) is 10.4 Å². The molecule has 3 aromatic rings. The molecule has 3 saturated heterocycles. The van der Waals surface area contributed by atoms with Gasteiger partial charge in [-0.1, -0.05) is 24.9 Å². The molecule has 3 aliphatic heterocycles. The van der Waals surface area contributed by atoms with Gasteiger partial charge >= 0.3 is 6.55 Å². The molecule has 4 unspecified atom stereocenters. The number of halogens is 3. The molecular formula is C29H39ClF2N8O. The lowest BCUT2D eigenvalue weighted by Crippen LogP contribution is -2.56. The topological polar surface area (TPSA) is 92.0 Å². The molecule has 0 spiro atoms. The van der Waals surface area contributed by atoms with Gasteiger partial charge in [0.05, 0.1) is 29.8 Å². The average molecular weight is 589 g/mol. The van der Waals surface area contributed by atoms with Crippen LogP contribution in [0, 0.1) is 11.8 Å². The van der Waals surface area contributed by atoms with E-state index < -0.39 is 6.55 Å². The summed E-state index contributed by atoms with van der Waals surface area (Å²) in [5, 5.41) is 14.3. The summed E-state index contributed by atoms with van der Waals surface area (Å²) in [6.07, 6.45) is 7.73. The number of hydrogen-bond donors (Lipinski definition) is 3. The van der Waals surface area contributed by atoms with Gasteiger partial charge in [0.1, 0.15) is 0 Å². The SMILES string of the molecule is CCn1ncc2cc(Cl)cc(-c3cc(=O)n([C@H]4CCC[C@@H](C)CNC5CNN(C(F)F)C5C5CCNC4C5)cn3)c21. The fourth-order valence-corrected chi connectivity index (χ4v) is 7.48. The standard InChI is InChI=1S/C29H39ClF2N8O/c1-3-39-27-19(14-36-39)9-20(30)11-21(27)22-12-26(41)38(16-35-22)25-6-4-5-17(2)13-34-24-15-37-40(29(31)32)28(24)18-7-8-33-23(25)10-18/h9,11-12,14,16-18,23-25,28-29,33-34,37H,3-8,10,13,15H2,1-2H3/t17-,18?,23?,24?,25+,28?/m1/s1. The molecule has 6 rings (SSSR count). The van der Waals surface area contributed by atoms with E-state index in [0.29, 0.717) is 36.1 Å². The molecule has 9 nitrogen and oxygen atoms in total. The van der Waals surface area contributed by atoms with Crippen molar-refractivity contribution >= 4 is 22.5 Å². The summed E-state index contributed by atoms with van der Waals surface area (Å²) in [7, 11) is 0. The number of hydrazine groups is 1. The third-order valence-corrected chi connectivity index (χ3v) is 9.47. The van der Waals surface area contributed by atoms with Gasteiger partial charge in [-0.2, -0.15) is 18.9 Å². The van der Waals surface area contributed by atoms with Gasteiger partial charge in [0.15, 0.2) is 0 Å². The van der Waals surface area contributed by atoms with Crippen LogP contribution in [0.4, 0.5) is 8.78 Å². The molecule has 3 N–H and O–H groups in total. The Kier molecular flexibility index (Phi) is 8.42. The molecule has 2 aromatic heterocycles. The van der Waals surface area contributed by atoms with E-state index in [-0.39, 0.29) is 35.6 Å². The van der Waals surface area contributed by atoms with Gasteiger partial charge in [-0.05, 0) is 69.7 Å². The Bertz CT molecular complexity index is 1430. The van der Waals surface area contributed by atoms with Gasteiger partial charge in [-0.15, -0.1) is 0 Å². The highest BCUT2D eigenvalue weighted by atomic mass is 35.5. The monoisotopic (exact) mass is 588 g/mol. The number of fused-ring (bicyclic) bond motifs is 5. The minimum absolute atomic E-state index is 0.0194. The number of aryl methyl sites for hydroxylation is 1. The van der Waals surface area contributed by atoms with E-state index in [1.807, 2.05) is 23.7 Å². The molecule has 41 heavy (non-hydrogen) atoms. The van der Waals surface area contributed by atoms with E-state index in [4.69, 9.17) is 16.6 Å². The highest BCUT2D eigenvalue weighted by Crippen LogP contribution is 2.35. The van der Waals surface area contributed by atoms with Gasteiger partial charge in [0, 0.05) is 53.3 Å². The zero-order chi connectivity index (χ0) is 28.7. The number of nitrogens with one attached hydrogen (secondary N) is 3. The summed E-state index contributed by atoms with van der Waals surface area (Å²) in [5.74, 6) is 0.465. The summed E-state index contributed by atoms with van der Waals surface area (Å²) < 4.78 is 31.7. The lowest BCUT2D eigenvalue weighted by Gasteiger charge is -2.42. The van der Waals surface area contributed by atoms with Crippen molar-refractivity contribution < 1.29 is 8.78 Å². The largest absolute Gasteiger partial charge is 0.312 e. The molecule has 1 aromatic carbocycles. The Hall–Kier alpha value is -2.44. The molecule has 0 saturated carbocycles. The van der Waals surface area contributed by atoms with Crippen LogP contribution in [0.1, 0.15) is 52.0 Å². The number of benzene rings is 1. The zero-order valence-electron chi connectivity index (χ0n) is 23.6.